The lowest BCUT2D eigenvalue weighted by Gasteiger charge is -2.15. The molecule has 2 rings (SSSR count). The summed E-state index contributed by atoms with van der Waals surface area (Å²) in [6, 6.07) is 0. The van der Waals surface area contributed by atoms with Gasteiger partial charge in [-0.3, -0.25) is 0 Å². The van der Waals surface area contributed by atoms with Crippen LogP contribution < -0.4 is 5.32 Å². The van der Waals surface area contributed by atoms with Crippen LogP contribution in [0.3, 0.4) is 0 Å². The van der Waals surface area contributed by atoms with E-state index in [1.165, 1.54) is 0 Å². The summed E-state index contributed by atoms with van der Waals surface area (Å²) in [5.41, 5.74) is -0.703. The molecule has 0 bridgehead atoms. The van der Waals surface area contributed by atoms with Crippen LogP contribution in [0.4, 0.5) is 8.78 Å². The maximum atomic E-state index is 12.8. The Bertz CT molecular complexity index is 174. The molecule has 2 aliphatic rings. The smallest absolute Gasteiger partial charge is 0.258 e. The number of piperidine rings is 1. The number of alkyl halides is 2. The van der Waals surface area contributed by atoms with Crippen LogP contribution in [0.2, 0.25) is 0 Å². The largest absolute Gasteiger partial charge is 0.316 e. The molecular formula is C7H12ClF2N. The molecule has 0 spiro atoms. The van der Waals surface area contributed by atoms with Crippen LogP contribution in [0.15, 0.2) is 0 Å². The zero-order chi connectivity index (χ0) is 7.41. The van der Waals surface area contributed by atoms with Crippen molar-refractivity contribution in [3.8, 4) is 0 Å². The lowest BCUT2D eigenvalue weighted by molar-refractivity contribution is 0.0653. The Hall–Kier alpha value is 0.110. The monoisotopic (exact) mass is 183 g/mol. The van der Waals surface area contributed by atoms with E-state index in [9.17, 15) is 8.78 Å². The Morgan fingerprint density at radius 2 is 2.09 bits per heavy atom. The van der Waals surface area contributed by atoms with E-state index < -0.39 is 11.3 Å². The van der Waals surface area contributed by atoms with Gasteiger partial charge in [-0.1, -0.05) is 6.92 Å². The van der Waals surface area contributed by atoms with E-state index in [-0.39, 0.29) is 18.3 Å². The predicted molar refractivity (Wildman–Crippen MR) is 41.3 cm³/mol. The SMILES string of the molecule is CC12CNCCC1C2(F)F.Cl. The highest BCUT2D eigenvalue weighted by Gasteiger charge is 2.77. The normalized spacial score (nSPS) is 45.5. The van der Waals surface area contributed by atoms with Crippen LogP contribution in [-0.2, 0) is 0 Å². The van der Waals surface area contributed by atoms with Crippen molar-refractivity contribution in [2.24, 2.45) is 11.3 Å². The summed E-state index contributed by atoms with van der Waals surface area (Å²) in [5.74, 6) is -2.71. The Labute approximate surface area is 71.0 Å². The van der Waals surface area contributed by atoms with E-state index in [1.54, 1.807) is 6.92 Å². The van der Waals surface area contributed by atoms with Crippen molar-refractivity contribution < 1.29 is 8.78 Å². The highest BCUT2D eigenvalue weighted by molar-refractivity contribution is 5.85. The average Bonchev–Trinajstić information content (AvgIpc) is 2.30. The fourth-order valence-electron chi connectivity index (χ4n) is 2.01. The van der Waals surface area contributed by atoms with E-state index in [1.807, 2.05) is 0 Å². The molecule has 11 heavy (non-hydrogen) atoms. The van der Waals surface area contributed by atoms with Gasteiger partial charge in [-0.2, -0.15) is 0 Å². The van der Waals surface area contributed by atoms with E-state index >= 15 is 0 Å². The van der Waals surface area contributed by atoms with Gasteiger partial charge in [-0.25, -0.2) is 8.78 Å². The summed E-state index contributed by atoms with van der Waals surface area (Å²) in [6.45, 7) is 2.92. The van der Waals surface area contributed by atoms with Gasteiger partial charge in [0.15, 0.2) is 0 Å². The highest BCUT2D eigenvalue weighted by atomic mass is 35.5. The van der Waals surface area contributed by atoms with Crippen LogP contribution >= 0.6 is 12.4 Å². The third kappa shape index (κ3) is 0.905. The van der Waals surface area contributed by atoms with Crippen molar-refractivity contribution in [1.82, 2.24) is 5.32 Å². The fraction of sp³-hybridized carbons (Fsp3) is 1.00. The fourth-order valence-corrected chi connectivity index (χ4v) is 2.01. The minimum Gasteiger partial charge on any atom is -0.316 e. The summed E-state index contributed by atoms with van der Waals surface area (Å²) < 4.78 is 25.7. The molecule has 0 radical (unpaired) electrons. The summed E-state index contributed by atoms with van der Waals surface area (Å²) >= 11 is 0. The zero-order valence-electron chi connectivity index (χ0n) is 6.36. The van der Waals surface area contributed by atoms with Crippen molar-refractivity contribution in [3.63, 3.8) is 0 Å². The molecule has 66 valence electrons. The molecule has 1 nitrogen and oxygen atoms in total. The summed E-state index contributed by atoms with van der Waals surface area (Å²) in [7, 11) is 0. The second kappa shape index (κ2) is 2.30. The molecular weight excluding hydrogens is 172 g/mol. The van der Waals surface area contributed by atoms with Gasteiger partial charge in [0.1, 0.15) is 0 Å². The molecule has 2 unspecified atom stereocenters. The van der Waals surface area contributed by atoms with Gasteiger partial charge in [0.2, 0.25) is 0 Å². The minimum absolute atomic E-state index is 0. The second-order valence-corrected chi connectivity index (χ2v) is 3.56. The molecule has 0 amide bonds. The van der Waals surface area contributed by atoms with E-state index in [2.05, 4.69) is 5.32 Å². The van der Waals surface area contributed by atoms with Gasteiger partial charge < -0.3 is 5.32 Å². The Morgan fingerprint density at radius 3 is 2.45 bits per heavy atom. The molecule has 1 heterocycles. The van der Waals surface area contributed by atoms with Gasteiger partial charge in [0.05, 0.1) is 5.41 Å². The molecule has 2 atom stereocenters. The summed E-state index contributed by atoms with van der Waals surface area (Å²) in [5, 5.41) is 2.99. The van der Waals surface area contributed by atoms with Crippen LogP contribution in [0.5, 0.6) is 0 Å². The molecule has 1 saturated carbocycles. The Balaban J connectivity index is 0.000000605. The number of hydrogen-bond acceptors (Lipinski definition) is 1. The van der Waals surface area contributed by atoms with Crippen molar-refractivity contribution in [1.29, 1.82) is 0 Å². The van der Waals surface area contributed by atoms with Crippen LogP contribution in [0.25, 0.3) is 0 Å². The first kappa shape index (κ1) is 9.20. The van der Waals surface area contributed by atoms with Crippen molar-refractivity contribution in [2.75, 3.05) is 13.1 Å². The first-order chi connectivity index (χ1) is 4.59. The number of halogens is 3. The van der Waals surface area contributed by atoms with E-state index in [4.69, 9.17) is 0 Å². The van der Waals surface area contributed by atoms with Gasteiger partial charge >= 0.3 is 0 Å². The molecule has 1 N–H and O–H groups in total. The van der Waals surface area contributed by atoms with E-state index in [0.29, 0.717) is 13.0 Å². The molecule has 4 heteroatoms. The molecule has 2 fully saturated rings. The van der Waals surface area contributed by atoms with Crippen molar-refractivity contribution >= 4 is 12.4 Å². The zero-order valence-corrected chi connectivity index (χ0v) is 7.18. The van der Waals surface area contributed by atoms with Crippen molar-refractivity contribution in [3.05, 3.63) is 0 Å². The maximum absolute atomic E-state index is 12.8. The van der Waals surface area contributed by atoms with Gasteiger partial charge in [0.25, 0.3) is 5.92 Å². The van der Waals surface area contributed by atoms with Gasteiger partial charge in [-0.05, 0) is 13.0 Å². The first-order valence-electron chi connectivity index (χ1n) is 3.67. The van der Waals surface area contributed by atoms with Crippen LogP contribution in [0, 0.1) is 11.3 Å². The standard InChI is InChI=1S/C7H11F2N.ClH/c1-6-4-10-3-2-5(6)7(6,8)9;/h5,10H,2-4H2,1H3;1H. The lowest BCUT2D eigenvalue weighted by Crippen LogP contribution is -2.30. The Morgan fingerprint density at radius 1 is 1.45 bits per heavy atom. The molecule has 0 aromatic carbocycles. The molecule has 0 aromatic heterocycles. The third-order valence-electron chi connectivity index (χ3n) is 2.99. The maximum Gasteiger partial charge on any atom is 0.258 e. The summed E-state index contributed by atoms with van der Waals surface area (Å²) in [6.07, 6.45) is 0.642. The molecule has 1 aliphatic carbocycles. The number of nitrogens with one attached hydrogen (secondary N) is 1. The molecule has 1 aliphatic heterocycles. The highest BCUT2D eigenvalue weighted by Crippen LogP contribution is 2.67. The average molecular weight is 184 g/mol. The van der Waals surface area contributed by atoms with E-state index in [0.717, 1.165) is 6.54 Å². The predicted octanol–water partition coefficient (Wildman–Crippen LogP) is 1.67. The quantitative estimate of drug-likeness (QED) is 0.603. The number of rotatable bonds is 0. The third-order valence-corrected chi connectivity index (χ3v) is 2.99. The summed E-state index contributed by atoms with van der Waals surface area (Å²) in [4.78, 5) is 0. The first-order valence-corrected chi connectivity index (χ1v) is 3.67. The van der Waals surface area contributed by atoms with Crippen LogP contribution in [-0.4, -0.2) is 19.0 Å². The second-order valence-electron chi connectivity index (χ2n) is 3.56. The Kier molecular flexibility index (Phi) is 1.92. The lowest BCUT2D eigenvalue weighted by atomic mass is 10.0. The minimum atomic E-state index is -2.38. The molecule has 0 aromatic rings. The van der Waals surface area contributed by atoms with Gasteiger partial charge in [0, 0.05) is 12.5 Å². The van der Waals surface area contributed by atoms with Crippen LogP contribution in [0.1, 0.15) is 13.3 Å². The molecule has 1 saturated heterocycles. The number of fused-ring (bicyclic) bond motifs is 1. The van der Waals surface area contributed by atoms with Crippen molar-refractivity contribution in [2.45, 2.75) is 19.3 Å². The van der Waals surface area contributed by atoms with Gasteiger partial charge in [-0.15, -0.1) is 12.4 Å². The topological polar surface area (TPSA) is 12.0 Å². The number of hydrogen-bond donors (Lipinski definition) is 1.